The van der Waals surface area contributed by atoms with E-state index in [2.05, 4.69) is 36.4 Å². The van der Waals surface area contributed by atoms with Gasteiger partial charge in [0.2, 0.25) is 0 Å². The zero-order chi connectivity index (χ0) is 23.0. The third-order valence-corrected chi connectivity index (χ3v) is 4.94. The van der Waals surface area contributed by atoms with Crippen LogP contribution < -0.4 is 11.5 Å². The summed E-state index contributed by atoms with van der Waals surface area (Å²) in [6.07, 6.45) is 1.99. The van der Waals surface area contributed by atoms with Gasteiger partial charge in [0.15, 0.2) is 11.9 Å². The molecule has 0 saturated carbocycles. The zero-order valence-corrected chi connectivity index (χ0v) is 17.8. The van der Waals surface area contributed by atoms with Crippen molar-refractivity contribution in [1.29, 1.82) is 10.8 Å². The summed E-state index contributed by atoms with van der Waals surface area (Å²) >= 11 is 0. The van der Waals surface area contributed by atoms with Crippen LogP contribution in [0.25, 0.3) is 0 Å². The Labute approximate surface area is 182 Å². The molecule has 0 spiro atoms. The fourth-order valence-corrected chi connectivity index (χ4v) is 3.40. The molecule has 2 heterocycles. The lowest BCUT2D eigenvalue weighted by Gasteiger charge is -2.28. The second-order valence-electron chi connectivity index (χ2n) is 7.10. The van der Waals surface area contributed by atoms with Crippen LogP contribution in [0.15, 0.2) is 48.5 Å². The number of hydrogen-bond donors (Lipinski definition) is 6. The number of guanidine groups is 2. The van der Waals surface area contributed by atoms with Gasteiger partial charge in [0.25, 0.3) is 0 Å². The fourth-order valence-electron chi connectivity index (χ4n) is 3.40. The molecule has 2 aromatic rings. The Balaban J connectivity index is 0.000000182. The summed E-state index contributed by atoms with van der Waals surface area (Å²) in [5.41, 5.74) is 16.2. The first-order valence-corrected chi connectivity index (χ1v) is 11.0. The number of fused-ring (bicyclic) bond motifs is 2. The molecule has 0 aliphatic carbocycles. The van der Waals surface area contributed by atoms with E-state index in [0.29, 0.717) is 0 Å². The Hall–Kier alpha value is -3.15. The Morgan fingerprint density at radius 1 is 0.742 bits per heavy atom. The first-order chi connectivity index (χ1) is 14.5. The van der Waals surface area contributed by atoms with Crippen LogP contribution in [0.1, 0.15) is 22.3 Å². The van der Waals surface area contributed by atoms with Gasteiger partial charge in [-0.1, -0.05) is 48.5 Å². The number of rotatable bonds is 0. The molecule has 31 heavy (non-hydrogen) atoms. The molecule has 2 aliphatic heterocycles. The predicted molar refractivity (Wildman–Crippen MR) is 119 cm³/mol. The van der Waals surface area contributed by atoms with E-state index in [4.69, 9.17) is 39.8 Å². The van der Waals surface area contributed by atoms with Crippen molar-refractivity contribution in [2.24, 2.45) is 11.5 Å². The highest BCUT2D eigenvalue weighted by molar-refractivity contribution is 7.79. The van der Waals surface area contributed by atoms with Gasteiger partial charge < -0.3 is 21.3 Å². The molecule has 2 aliphatic rings. The van der Waals surface area contributed by atoms with Gasteiger partial charge in [0.1, 0.15) is 0 Å². The summed E-state index contributed by atoms with van der Waals surface area (Å²) < 4.78 is 31.6. The van der Waals surface area contributed by atoms with Crippen molar-refractivity contribution in [2.45, 2.75) is 25.9 Å². The van der Waals surface area contributed by atoms with E-state index in [9.17, 15) is 0 Å². The summed E-state index contributed by atoms with van der Waals surface area (Å²) in [6.45, 7) is 3.30. The largest absolute Gasteiger partial charge is 0.394 e. The van der Waals surface area contributed by atoms with Gasteiger partial charge in [0.05, 0.1) is 0 Å². The summed E-state index contributed by atoms with van der Waals surface area (Å²) in [7, 11) is -4.67. The molecule has 8 N–H and O–H groups in total. The quantitative estimate of drug-likeness (QED) is 0.113. The maximum Gasteiger partial charge on any atom is 0.394 e. The molecular formula is C20H28N6O4S. The molecule has 168 valence electrons. The van der Waals surface area contributed by atoms with E-state index < -0.39 is 10.4 Å². The van der Waals surface area contributed by atoms with Gasteiger partial charge in [-0.3, -0.25) is 19.9 Å². The van der Waals surface area contributed by atoms with Crippen LogP contribution in [0.4, 0.5) is 0 Å². The molecule has 11 heteroatoms. The second kappa shape index (κ2) is 10.8. The van der Waals surface area contributed by atoms with Crippen LogP contribution in [0, 0.1) is 10.8 Å². The van der Waals surface area contributed by atoms with E-state index in [1.54, 1.807) is 0 Å². The minimum Gasteiger partial charge on any atom is -0.370 e. The SMILES string of the molecule is O=S(=O)(O)O.[15NH]=[13C]([15NH2])N1CCc2ccccc2C1.[15NH]=[13C]([15NH2])N1CCc2ccccc2C1. The van der Waals surface area contributed by atoms with Crippen molar-refractivity contribution in [3.8, 4) is 0 Å². The van der Waals surface area contributed by atoms with E-state index in [0.717, 1.165) is 39.0 Å². The number of nitrogens with two attached hydrogens (primary N) is 2. The van der Waals surface area contributed by atoms with Gasteiger partial charge in [0, 0.05) is 26.2 Å². The summed E-state index contributed by atoms with van der Waals surface area (Å²) in [6, 6.07) is 16.7. The molecule has 0 atom stereocenters. The van der Waals surface area contributed by atoms with E-state index in [1.165, 1.54) is 22.3 Å². The number of nitrogens with zero attached hydrogens (tertiary/aromatic N) is 2. The van der Waals surface area contributed by atoms with Gasteiger partial charge in [-0.25, -0.2) is 0 Å². The molecule has 0 unspecified atom stereocenters. The second-order valence-corrected chi connectivity index (χ2v) is 7.99. The predicted octanol–water partition coefficient (Wildman–Crippen LogP) is 1.22. The van der Waals surface area contributed by atoms with Crippen molar-refractivity contribution in [3.63, 3.8) is 0 Å². The molecular weight excluding hydrogens is 426 g/mol. The molecule has 0 aromatic heterocycles. The van der Waals surface area contributed by atoms with Crippen LogP contribution in [0.5, 0.6) is 0 Å². The minimum atomic E-state index is -4.67. The topological polar surface area (TPSA) is 181 Å². The first-order valence-electron chi connectivity index (χ1n) is 9.56. The average molecular weight is 455 g/mol. The molecule has 4 rings (SSSR count). The zero-order valence-electron chi connectivity index (χ0n) is 17.0. The lowest BCUT2D eigenvalue weighted by Crippen LogP contribution is -2.39. The lowest BCUT2D eigenvalue weighted by molar-refractivity contribution is 0.381. The van der Waals surface area contributed by atoms with Crippen LogP contribution in [0.2, 0.25) is 0 Å². The highest BCUT2D eigenvalue weighted by Gasteiger charge is 2.16. The highest BCUT2D eigenvalue weighted by atomic mass is 32.3. The van der Waals surface area contributed by atoms with Gasteiger partial charge in [-0.15, -0.1) is 0 Å². The monoisotopic (exact) mass is 454 g/mol. The third kappa shape index (κ3) is 8.24. The maximum atomic E-state index is 8.74. The molecule has 0 amide bonds. The summed E-state index contributed by atoms with van der Waals surface area (Å²) in [4.78, 5) is 3.78. The molecule has 0 radical (unpaired) electrons. The van der Waals surface area contributed by atoms with E-state index in [-0.39, 0.29) is 11.9 Å². The third-order valence-electron chi connectivity index (χ3n) is 4.94. The fraction of sp³-hybridized carbons (Fsp3) is 0.300. The molecule has 0 saturated heterocycles. The van der Waals surface area contributed by atoms with Crippen molar-refractivity contribution in [3.05, 3.63) is 70.8 Å². The highest BCUT2D eigenvalue weighted by Crippen LogP contribution is 2.18. The molecule has 10 nitrogen and oxygen atoms in total. The molecule has 2 aromatic carbocycles. The van der Waals surface area contributed by atoms with Crippen molar-refractivity contribution in [2.75, 3.05) is 13.1 Å². The average Bonchev–Trinajstić information content (AvgIpc) is 2.72. The van der Waals surface area contributed by atoms with Crippen molar-refractivity contribution in [1.82, 2.24) is 9.80 Å². The minimum absolute atomic E-state index is 0.175. The van der Waals surface area contributed by atoms with Gasteiger partial charge >= 0.3 is 10.4 Å². The Kier molecular flexibility index (Phi) is 8.37. The van der Waals surface area contributed by atoms with E-state index >= 15 is 0 Å². The number of nitrogens with one attached hydrogen (secondary N) is 2. The maximum absolute atomic E-state index is 8.74. The van der Waals surface area contributed by atoms with Crippen LogP contribution in [-0.4, -0.2) is 52.3 Å². The standard InChI is InChI=1S/2C10H13N3.H2O4S/c2*11-10(12)13-6-5-8-3-1-2-4-9(8)7-13;1-5(2,3)4/h2*1-4H,5-7H2,(H3,11,12);(H2,1,2,3,4)/i2*10+1,11+1,12+1;. The normalized spacial score (nSPS) is 14.6. The van der Waals surface area contributed by atoms with Crippen LogP contribution in [0.3, 0.4) is 0 Å². The van der Waals surface area contributed by atoms with Crippen LogP contribution >= 0.6 is 0 Å². The van der Waals surface area contributed by atoms with Crippen molar-refractivity contribution >= 4 is 22.3 Å². The molecule has 0 fully saturated rings. The van der Waals surface area contributed by atoms with Crippen LogP contribution in [-0.2, 0) is 36.3 Å². The number of benzene rings is 2. The Morgan fingerprint density at radius 3 is 1.32 bits per heavy atom. The van der Waals surface area contributed by atoms with Gasteiger partial charge in [-0.2, -0.15) is 8.42 Å². The van der Waals surface area contributed by atoms with E-state index in [1.807, 2.05) is 21.9 Å². The first kappa shape index (κ1) is 24.1. The smallest absolute Gasteiger partial charge is 0.370 e. The van der Waals surface area contributed by atoms with Gasteiger partial charge in [-0.05, 0) is 35.1 Å². The summed E-state index contributed by atoms with van der Waals surface area (Å²) in [5.74, 6) is 0.351. The number of hydrogen-bond acceptors (Lipinski definition) is 4. The Morgan fingerprint density at radius 2 is 1.03 bits per heavy atom. The van der Waals surface area contributed by atoms with Crippen molar-refractivity contribution < 1.29 is 17.5 Å². The molecule has 0 bridgehead atoms. The lowest BCUT2D eigenvalue weighted by atomic mass is 10.0. The Bertz CT molecular complexity index is 952. The summed E-state index contributed by atoms with van der Waals surface area (Å²) in [5, 5.41) is 14.7.